The summed E-state index contributed by atoms with van der Waals surface area (Å²) in [4.78, 5) is 12.2. The number of aromatic nitrogens is 6. The van der Waals surface area contributed by atoms with Gasteiger partial charge in [0.1, 0.15) is 5.52 Å². The van der Waals surface area contributed by atoms with Gasteiger partial charge in [-0.3, -0.25) is 4.98 Å². The number of hydrogen-bond acceptors (Lipinski definition) is 3. The van der Waals surface area contributed by atoms with Crippen LogP contribution in [0, 0.1) is 0 Å². The van der Waals surface area contributed by atoms with Crippen LogP contribution in [0.4, 0.5) is 0 Å². The van der Waals surface area contributed by atoms with Crippen LogP contribution >= 0.6 is 0 Å². The van der Waals surface area contributed by atoms with E-state index in [-0.39, 0.29) is 0 Å². The second-order valence-electron chi connectivity index (χ2n) is 4.76. The molecule has 4 heterocycles. The number of nitrogens with one attached hydrogen (secondary N) is 1. The zero-order chi connectivity index (χ0) is 14.2. The van der Waals surface area contributed by atoms with Crippen molar-refractivity contribution < 1.29 is 0 Å². The summed E-state index contributed by atoms with van der Waals surface area (Å²) in [5.41, 5.74) is 3.84. The van der Waals surface area contributed by atoms with E-state index in [2.05, 4.69) is 31.5 Å². The van der Waals surface area contributed by atoms with E-state index in [0.29, 0.717) is 0 Å². The maximum absolute atomic E-state index is 4.68. The molecule has 0 aliphatic carbocycles. The lowest BCUT2D eigenvalue weighted by atomic mass is 10.3. The number of pyridine rings is 1. The fraction of sp³-hybridized carbons (Fsp3) is 0.133. The van der Waals surface area contributed by atoms with Crippen molar-refractivity contribution in [2.45, 2.75) is 13.5 Å². The summed E-state index contributed by atoms with van der Waals surface area (Å²) in [6.07, 6.45) is 7.42. The van der Waals surface area contributed by atoms with Crippen molar-refractivity contribution in [1.29, 1.82) is 0 Å². The molecule has 0 radical (unpaired) electrons. The Bertz CT molecular complexity index is 883. The van der Waals surface area contributed by atoms with Gasteiger partial charge >= 0.3 is 0 Å². The number of imidazole rings is 1. The standard InChI is InChI=1S/C15H14N6/c1-2-21-15-12(10-17-21)18-14(19-15)13-6-4-8-20(13)11-5-3-7-16-9-11/h3-10H,2H2,1H3,(H,18,19). The molecule has 0 aliphatic heterocycles. The topological polar surface area (TPSA) is 64.3 Å². The first kappa shape index (κ1) is 11.9. The van der Waals surface area contributed by atoms with Crippen LogP contribution in [0.5, 0.6) is 0 Å². The van der Waals surface area contributed by atoms with Crippen molar-refractivity contribution in [2.75, 3.05) is 0 Å². The SMILES string of the molecule is CCn1ncc2[nH]c(-c3cccn3-c3cccnc3)nc21. The largest absolute Gasteiger partial charge is 0.334 e. The number of fused-ring (bicyclic) bond motifs is 1. The fourth-order valence-electron chi connectivity index (χ4n) is 2.49. The predicted molar refractivity (Wildman–Crippen MR) is 80.1 cm³/mol. The normalized spacial score (nSPS) is 11.3. The summed E-state index contributed by atoms with van der Waals surface area (Å²) in [7, 11) is 0. The second-order valence-corrected chi connectivity index (χ2v) is 4.76. The summed E-state index contributed by atoms with van der Waals surface area (Å²) in [5.74, 6) is 0.832. The summed E-state index contributed by atoms with van der Waals surface area (Å²) in [5, 5.41) is 4.28. The van der Waals surface area contributed by atoms with E-state index < -0.39 is 0 Å². The number of hydrogen-bond donors (Lipinski definition) is 1. The Hall–Kier alpha value is -2.89. The molecule has 0 atom stereocenters. The van der Waals surface area contributed by atoms with Gasteiger partial charge in [-0.1, -0.05) is 0 Å². The highest BCUT2D eigenvalue weighted by Gasteiger charge is 2.13. The van der Waals surface area contributed by atoms with E-state index in [1.54, 1.807) is 6.20 Å². The summed E-state index contributed by atoms with van der Waals surface area (Å²) in [6.45, 7) is 2.86. The molecule has 4 rings (SSSR count). The van der Waals surface area contributed by atoms with Crippen LogP contribution in [-0.2, 0) is 6.54 Å². The lowest BCUT2D eigenvalue weighted by Gasteiger charge is -2.06. The molecule has 1 N–H and O–H groups in total. The van der Waals surface area contributed by atoms with Gasteiger partial charge in [0, 0.05) is 18.9 Å². The Morgan fingerprint density at radius 1 is 1.19 bits per heavy atom. The van der Waals surface area contributed by atoms with Crippen LogP contribution in [0.2, 0.25) is 0 Å². The molecule has 6 nitrogen and oxygen atoms in total. The average Bonchev–Trinajstić information content (AvgIpc) is 3.22. The molecule has 21 heavy (non-hydrogen) atoms. The molecule has 0 bridgehead atoms. The first-order valence-electron chi connectivity index (χ1n) is 6.86. The van der Waals surface area contributed by atoms with E-state index in [1.165, 1.54) is 0 Å². The Balaban J connectivity index is 1.86. The van der Waals surface area contributed by atoms with Crippen LogP contribution in [0.25, 0.3) is 28.4 Å². The lowest BCUT2D eigenvalue weighted by Crippen LogP contribution is -1.98. The highest BCUT2D eigenvalue weighted by molar-refractivity contribution is 5.75. The molecule has 0 aliphatic rings. The van der Waals surface area contributed by atoms with Crippen LogP contribution < -0.4 is 0 Å². The molecular weight excluding hydrogens is 264 g/mol. The number of aryl methyl sites for hydroxylation is 1. The Labute approximate surface area is 121 Å². The van der Waals surface area contributed by atoms with E-state index in [1.807, 2.05) is 47.5 Å². The third-order valence-electron chi connectivity index (χ3n) is 3.50. The molecule has 0 saturated carbocycles. The summed E-state index contributed by atoms with van der Waals surface area (Å²) in [6, 6.07) is 7.98. The molecule has 0 fully saturated rings. The van der Waals surface area contributed by atoms with Crippen molar-refractivity contribution >= 4 is 11.2 Å². The number of H-pyrrole nitrogens is 1. The zero-order valence-electron chi connectivity index (χ0n) is 11.6. The van der Waals surface area contributed by atoms with Crippen molar-refractivity contribution in [2.24, 2.45) is 0 Å². The van der Waals surface area contributed by atoms with E-state index in [4.69, 9.17) is 0 Å². The average molecular weight is 278 g/mol. The van der Waals surface area contributed by atoms with Gasteiger partial charge < -0.3 is 9.55 Å². The summed E-state index contributed by atoms with van der Waals surface area (Å²) >= 11 is 0. The maximum Gasteiger partial charge on any atom is 0.176 e. The van der Waals surface area contributed by atoms with Crippen molar-refractivity contribution in [3.8, 4) is 17.2 Å². The van der Waals surface area contributed by atoms with Crippen LogP contribution in [-0.4, -0.2) is 29.3 Å². The van der Waals surface area contributed by atoms with E-state index in [0.717, 1.165) is 34.9 Å². The molecule has 6 heteroatoms. The summed E-state index contributed by atoms with van der Waals surface area (Å²) < 4.78 is 3.95. The Kier molecular flexibility index (Phi) is 2.60. The molecule has 0 unspecified atom stereocenters. The van der Waals surface area contributed by atoms with Gasteiger partial charge in [-0.05, 0) is 31.2 Å². The molecule has 0 amide bonds. The van der Waals surface area contributed by atoms with Gasteiger partial charge in [-0.15, -0.1) is 0 Å². The monoisotopic (exact) mass is 278 g/mol. The third kappa shape index (κ3) is 1.84. The smallest absolute Gasteiger partial charge is 0.176 e. The highest BCUT2D eigenvalue weighted by Crippen LogP contribution is 2.23. The maximum atomic E-state index is 4.68. The number of rotatable bonds is 3. The first-order chi connectivity index (χ1) is 10.4. The van der Waals surface area contributed by atoms with E-state index in [9.17, 15) is 0 Å². The molecule has 0 spiro atoms. The van der Waals surface area contributed by atoms with Gasteiger partial charge in [0.2, 0.25) is 0 Å². The van der Waals surface area contributed by atoms with Crippen molar-refractivity contribution in [3.63, 3.8) is 0 Å². The minimum Gasteiger partial charge on any atom is -0.334 e. The minimum absolute atomic E-state index is 0.803. The zero-order valence-corrected chi connectivity index (χ0v) is 11.6. The van der Waals surface area contributed by atoms with Gasteiger partial charge in [0.25, 0.3) is 0 Å². The minimum atomic E-state index is 0.803. The highest BCUT2D eigenvalue weighted by atomic mass is 15.3. The number of nitrogens with zero attached hydrogens (tertiary/aromatic N) is 5. The predicted octanol–water partition coefficient (Wildman–Crippen LogP) is 2.63. The molecule has 0 saturated heterocycles. The van der Waals surface area contributed by atoms with Gasteiger partial charge in [0.15, 0.2) is 11.5 Å². The molecule has 104 valence electrons. The number of aromatic amines is 1. The molecule has 0 aromatic carbocycles. The fourth-order valence-corrected chi connectivity index (χ4v) is 2.49. The van der Waals surface area contributed by atoms with E-state index >= 15 is 0 Å². The van der Waals surface area contributed by atoms with Crippen LogP contribution in [0.1, 0.15) is 6.92 Å². The Morgan fingerprint density at radius 2 is 2.14 bits per heavy atom. The lowest BCUT2D eigenvalue weighted by molar-refractivity contribution is 0.677. The second kappa shape index (κ2) is 4.59. The van der Waals surface area contributed by atoms with Gasteiger partial charge in [-0.25, -0.2) is 9.67 Å². The molecule has 4 aromatic rings. The van der Waals surface area contributed by atoms with Crippen molar-refractivity contribution in [1.82, 2.24) is 29.3 Å². The van der Waals surface area contributed by atoms with Gasteiger partial charge in [-0.2, -0.15) is 5.10 Å². The molecule has 4 aromatic heterocycles. The van der Waals surface area contributed by atoms with Crippen molar-refractivity contribution in [3.05, 3.63) is 49.1 Å². The molecular formula is C15H14N6. The van der Waals surface area contributed by atoms with Gasteiger partial charge in [0.05, 0.1) is 23.8 Å². The van der Waals surface area contributed by atoms with Crippen LogP contribution in [0.15, 0.2) is 49.1 Å². The Morgan fingerprint density at radius 3 is 2.95 bits per heavy atom. The quantitative estimate of drug-likeness (QED) is 0.626. The van der Waals surface area contributed by atoms with Crippen LogP contribution in [0.3, 0.4) is 0 Å². The first-order valence-corrected chi connectivity index (χ1v) is 6.86. The third-order valence-corrected chi connectivity index (χ3v) is 3.50.